The number of carbonyl (C=O) groups is 1. The van der Waals surface area contributed by atoms with Gasteiger partial charge in [-0.05, 0) is 19.8 Å². The first kappa shape index (κ1) is 21.2. The molecule has 31 heavy (non-hydrogen) atoms. The number of nitrogens with two attached hydrogens (primary N) is 2. The minimum Gasteiger partial charge on any atom is -0.389 e. The van der Waals surface area contributed by atoms with E-state index >= 15 is 0 Å². The van der Waals surface area contributed by atoms with Gasteiger partial charge in [0.2, 0.25) is 0 Å². The molecule has 2 atom stereocenters. The topological polar surface area (TPSA) is 133 Å². The van der Waals surface area contributed by atoms with Crippen molar-refractivity contribution in [2.24, 2.45) is 19.8 Å². The van der Waals surface area contributed by atoms with Crippen molar-refractivity contribution >= 4 is 33.8 Å². The number of carbonyl (C=O) groups excluding carboxylic acids is 1. The van der Waals surface area contributed by atoms with Gasteiger partial charge in [-0.2, -0.15) is 10.2 Å². The van der Waals surface area contributed by atoms with Gasteiger partial charge in [0.15, 0.2) is 11.5 Å². The molecular formula is C19H26FN9OS. The number of nitrogens with zero attached hydrogens (tertiary/aromatic N) is 6. The van der Waals surface area contributed by atoms with E-state index in [2.05, 4.69) is 20.5 Å². The van der Waals surface area contributed by atoms with E-state index < -0.39 is 18.1 Å². The van der Waals surface area contributed by atoms with E-state index in [0.717, 1.165) is 11.3 Å². The van der Waals surface area contributed by atoms with Crippen LogP contribution in [0.1, 0.15) is 29.0 Å². The minimum atomic E-state index is -1.04. The molecule has 4 heterocycles. The Hall–Kier alpha value is -2.99. The Morgan fingerprint density at radius 2 is 1.94 bits per heavy atom. The number of halogens is 1. The summed E-state index contributed by atoms with van der Waals surface area (Å²) in [5.41, 5.74) is 14.4. The van der Waals surface area contributed by atoms with Crippen molar-refractivity contribution < 1.29 is 9.18 Å². The number of aryl methyl sites for hydroxylation is 2. The van der Waals surface area contributed by atoms with Crippen LogP contribution in [0.25, 0.3) is 10.6 Å². The zero-order valence-electron chi connectivity index (χ0n) is 17.7. The van der Waals surface area contributed by atoms with Gasteiger partial charge in [-0.25, -0.2) is 9.37 Å². The monoisotopic (exact) mass is 447 g/mol. The number of hydrogen-bond donors (Lipinski definition) is 3. The Labute approximate surface area is 183 Å². The van der Waals surface area contributed by atoms with Gasteiger partial charge < -0.3 is 21.7 Å². The summed E-state index contributed by atoms with van der Waals surface area (Å²) in [6.45, 7) is 2.99. The summed E-state index contributed by atoms with van der Waals surface area (Å²) < 4.78 is 17.4. The molecule has 4 rings (SSSR count). The van der Waals surface area contributed by atoms with Crippen LogP contribution in [-0.2, 0) is 14.1 Å². The second-order valence-electron chi connectivity index (χ2n) is 7.70. The van der Waals surface area contributed by atoms with E-state index in [1.165, 1.54) is 11.3 Å². The summed E-state index contributed by atoms with van der Waals surface area (Å²) >= 11 is 1.24. The SMILES string of the molecule is Cc1c(-c2nc(C(=O)Nc3cnn(C)c3N3CC[C@@H](N)[C@H](F)CC3)c(N)s2)cnn1C. The molecule has 10 nitrogen and oxygen atoms in total. The highest BCUT2D eigenvalue weighted by Gasteiger charge is 2.27. The summed E-state index contributed by atoms with van der Waals surface area (Å²) in [4.78, 5) is 19.4. The number of anilines is 3. The number of alkyl halides is 1. The lowest BCUT2D eigenvalue weighted by atomic mass is 10.1. The third kappa shape index (κ3) is 4.00. The minimum absolute atomic E-state index is 0.153. The molecular weight excluding hydrogens is 421 g/mol. The molecule has 0 bridgehead atoms. The standard InChI is InChI=1S/C19H26FN9OS/c1-10-11(8-23-27(10)2)18-26-15(16(22)31-18)17(30)25-14-9-24-28(3)19(14)29-6-4-12(20)13(21)5-7-29/h8-9,12-13H,4-7,21-22H2,1-3H3,(H,25,30)/t12-,13-/m1/s1. The molecule has 3 aromatic heterocycles. The van der Waals surface area contributed by atoms with Crippen molar-refractivity contribution in [1.29, 1.82) is 0 Å². The molecule has 166 valence electrons. The van der Waals surface area contributed by atoms with Crippen molar-refractivity contribution in [3.8, 4) is 10.6 Å². The fraction of sp³-hybridized carbons (Fsp3) is 0.474. The molecule has 0 aromatic carbocycles. The summed E-state index contributed by atoms with van der Waals surface area (Å²) in [6, 6.07) is -0.486. The van der Waals surface area contributed by atoms with Gasteiger partial charge in [0.25, 0.3) is 5.91 Å². The number of thiazole rings is 1. The Morgan fingerprint density at radius 1 is 1.23 bits per heavy atom. The zero-order chi connectivity index (χ0) is 22.3. The van der Waals surface area contributed by atoms with Crippen LogP contribution in [-0.4, -0.2) is 55.8 Å². The Balaban J connectivity index is 1.57. The lowest BCUT2D eigenvalue weighted by molar-refractivity contribution is 0.102. The molecule has 3 aromatic rings. The van der Waals surface area contributed by atoms with Gasteiger partial charge in [-0.3, -0.25) is 14.2 Å². The lowest BCUT2D eigenvalue weighted by Crippen LogP contribution is -2.31. The normalized spacial score (nSPS) is 19.5. The van der Waals surface area contributed by atoms with Gasteiger partial charge in [0.05, 0.1) is 18.0 Å². The van der Waals surface area contributed by atoms with Crippen molar-refractivity contribution in [2.45, 2.75) is 32.0 Å². The van der Waals surface area contributed by atoms with E-state index in [4.69, 9.17) is 11.5 Å². The second-order valence-corrected chi connectivity index (χ2v) is 8.73. The average molecular weight is 448 g/mol. The molecule has 0 aliphatic carbocycles. The van der Waals surface area contributed by atoms with Crippen LogP contribution < -0.4 is 21.7 Å². The molecule has 1 fully saturated rings. The second kappa shape index (κ2) is 8.27. The third-order valence-electron chi connectivity index (χ3n) is 5.66. The van der Waals surface area contributed by atoms with Crippen LogP contribution in [0, 0.1) is 6.92 Å². The number of rotatable bonds is 4. The summed E-state index contributed by atoms with van der Waals surface area (Å²) in [5, 5.41) is 12.3. The first-order valence-electron chi connectivity index (χ1n) is 9.99. The van der Waals surface area contributed by atoms with Crippen molar-refractivity contribution in [3.63, 3.8) is 0 Å². The molecule has 0 saturated carbocycles. The van der Waals surface area contributed by atoms with Crippen molar-refractivity contribution in [3.05, 3.63) is 23.8 Å². The van der Waals surface area contributed by atoms with Gasteiger partial charge >= 0.3 is 0 Å². The summed E-state index contributed by atoms with van der Waals surface area (Å²) in [7, 11) is 3.62. The maximum Gasteiger partial charge on any atom is 0.277 e. The first-order chi connectivity index (χ1) is 14.8. The highest BCUT2D eigenvalue weighted by Crippen LogP contribution is 2.33. The van der Waals surface area contributed by atoms with Gasteiger partial charge in [-0.15, -0.1) is 0 Å². The number of nitrogens with one attached hydrogen (secondary N) is 1. The van der Waals surface area contributed by atoms with Gasteiger partial charge in [0.1, 0.15) is 21.9 Å². The van der Waals surface area contributed by atoms with Crippen LogP contribution in [0.15, 0.2) is 12.4 Å². The number of aromatic nitrogens is 5. The summed E-state index contributed by atoms with van der Waals surface area (Å²) in [5.74, 6) is 0.275. The Morgan fingerprint density at radius 3 is 2.65 bits per heavy atom. The van der Waals surface area contributed by atoms with E-state index in [9.17, 15) is 9.18 Å². The maximum atomic E-state index is 14.0. The molecule has 0 radical (unpaired) electrons. The number of hydrogen-bond acceptors (Lipinski definition) is 8. The van der Waals surface area contributed by atoms with Crippen LogP contribution in [0.3, 0.4) is 0 Å². The van der Waals surface area contributed by atoms with Gasteiger partial charge in [-0.1, -0.05) is 11.3 Å². The number of amides is 1. The Bertz CT molecular complexity index is 1090. The zero-order valence-corrected chi connectivity index (χ0v) is 18.5. The van der Waals surface area contributed by atoms with Gasteiger partial charge in [0, 0.05) is 38.9 Å². The van der Waals surface area contributed by atoms with Crippen molar-refractivity contribution in [1.82, 2.24) is 24.5 Å². The van der Waals surface area contributed by atoms with Crippen LogP contribution in [0.2, 0.25) is 0 Å². The molecule has 0 spiro atoms. The molecule has 5 N–H and O–H groups in total. The van der Waals surface area contributed by atoms with E-state index in [0.29, 0.717) is 47.4 Å². The Kier molecular flexibility index (Phi) is 5.67. The largest absolute Gasteiger partial charge is 0.389 e. The van der Waals surface area contributed by atoms with E-state index in [1.807, 2.05) is 18.9 Å². The smallest absolute Gasteiger partial charge is 0.277 e. The average Bonchev–Trinajstić information content (AvgIpc) is 3.36. The molecule has 1 aliphatic heterocycles. The predicted molar refractivity (Wildman–Crippen MR) is 119 cm³/mol. The molecule has 1 aliphatic rings. The fourth-order valence-corrected chi connectivity index (χ4v) is 4.59. The van der Waals surface area contributed by atoms with Crippen LogP contribution in [0.5, 0.6) is 0 Å². The highest BCUT2D eigenvalue weighted by atomic mass is 32.1. The fourth-order valence-electron chi connectivity index (χ4n) is 3.70. The van der Waals surface area contributed by atoms with Crippen LogP contribution in [0.4, 0.5) is 20.9 Å². The number of nitrogen functional groups attached to an aromatic ring is 1. The highest BCUT2D eigenvalue weighted by molar-refractivity contribution is 7.19. The predicted octanol–water partition coefficient (Wildman–Crippen LogP) is 1.69. The van der Waals surface area contributed by atoms with E-state index in [1.54, 1.807) is 28.8 Å². The molecule has 1 amide bonds. The van der Waals surface area contributed by atoms with E-state index in [-0.39, 0.29) is 5.69 Å². The van der Waals surface area contributed by atoms with Crippen molar-refractivity contribution in [2.75, 3.05) is 29.0 Å². The van der Waals surface area contributed by atoms with Crippen LogP contribution >= 0.6 is 11.3 Å². The molecule has 12 heteroatoms. The molecule has 0 unspecified atom stereocenters. The summed E-state index contributed by atoms with van der Waals surface area (Å²) in [6.07, 6.45) is 3.08. The first-order valence-corrected chi connectivity index (χ1v) is 10.8. The molecule has 1 saturated heterocycles. The lowest BCUT2D eigenvalue weighted by Gasteiger charge is -2.24. The third-order valence-corrected chi connectivity index (χ3v) is 6.58. The quantitative estimate of drug-likeness (QED) is 0.554. The maximum absolute atomic E-state index is 14.0.